The predicted molar refractivity (Wildman–Crippen MR) is 122 cm³/mol. The Labute approximate surface area is 182 Å². The van der Waals surface area contributed by atoms with Gasteiger partial charge in [-0.2, -0.15) is 0 Å². The first-order valence-electron chi connectivity index (χ1n) is 10.9. The predicted octanol–water partition coefficient (Wildman–Crippen LogP) is 4.68. The van der Waals surface area contributed by atoms with Crippen LogP contribution in [0.1, 0.15) is 56.7 Å². The minimum Gasteiger partial charge on any atom is -0.459 e. The number of likely N-dealkylation sites (tertiary alicyclic amines) is 1. The van der Waals surface area contributed by atoms with Gasteiger partial charge in [0.1, 0.15) is 11.6 Å². The highest BCUT2D eigenvalue weighted by Crippen LogP contribution is 2.30. The number of nitrogens with zero attached hydrogens (tertiary/aromatic N) is 1. The molecule has 0 aromatic heterocycles. The van der Waals surface area contributed by atoms with Crippen molar-refractivity contribution in [1.82, 2.24) is 4.90 Å². The van der Waals surface area contributed by atoms with Crippen molar-refractivity contribution < 1.29 is 19.1 Å². The van der Waals surface area contributed by atoms with Crippen LogP contribution in [0.4, 0.5) is 4.79 Å². The molecule has 0 bridgehead atoms. The van der Waals surface area contributed by atoms with E-state index < -0.39 is 25.7 Å². The number of ether oxygens (including phenoxy) is 2. The van der Waals surface area contributed by atoms with Crippen molar-refractivity contribution in [2.45, 2.75) is 76.9 Å². The number of amides is 1. The highest BCUT2D eigenvalue weighted by molar-refractivity contribution is 6.76. The monoisotopic (exact) mass is 434 g/mol. The van der Waals surface area contributed by atoms with Gasteiger partial charge in [0.05, 0.1) is 6.61 Å². The van der Waals surface area contributed by atoms with Crippen LogP contribution in [0.3, 0.4) is 0 Å². The molecule has 1 unspecified atom stereocenters. The molecule has 1 atom stereocenters. The molecule has 0 radical (unpaired) electrons. The average molecular weight is 435 g/mol. The Hall–Kier alpha value is -1.86. The molecule has 1 saturated heterocycles. The summed E-state index contributed by atoms with van der Waals surface area (Å²) in [4.78, 5) is 26.4. The number of carbonyl (C=O) groups excluding carboxylic acids is 2. The number of esters is 1. The number of carbonyl (C=O) groups is 2. The van der Waals surface area contributed by atoms with Crippen molar-refractivity contribution >= 4 is 20.1 Å². The lowest BCUT2D eigenvalue weighted by atomic mass is 9.88. The van der Waals surface area contributed by atoms with E-state index in [0.29, 0.717) is 25.6 Å². The minimum atomic E-state index is -1.20. The third-order valence-corrected chi connectivity index (χ3v) is 6.94. The first-order chi connectivity index (χ1) is 13.9. The van der Waals surface area contributed by atoms with E-state index in [1.54, 1.807) is 4.90 Å². The van der Waals surface area contributed by atoms with E-state index in [4.69, 9.17) is 15.2 Å². The molecule has 1 amide bonds. The maximum absolute atomic E-state index is 12.3. The number of piperidine rings is 1. The van der Waals surface area contributed by atoms with Gasteiger partial charge >= 0.3 is 12.1 Å². The van der Waals surface area contributed by atoms with Gasteiger partial charge in [-0.05, 0) is 56.7 Å². The van der Waals surface area contributed by atoms with E-state index >= 15 is 0 Å². The van der Waals surface area contributed by atoms with E-state index in [0.717, 1.165) is 30.0 Å². The quantitative estimate of drug-likeness (QED) is 0.519. The lowest BCUT2D eigenvalue weighted by molar-refractivity contribution is -0.156. The van der Waals surface area contributed by atoms with Crippen LogP contribution in [0, 0.1) is 0 Å². The van der Waals surface area contributed by atoms with Gasteiger partial charge in [-0.15, -0.1) is 0 Å². The molecule has 1 aromatic carbocycles. The Morgan fingerprint density at radius 1 is 1.20 bits per heavy atom. The summed E-state index contributed by atoms with van der Waals surface area (Å²) in [6, 6.07) is 8.05. The zero-order valence-electron chi connectivity index (χ0n) is 19.4. The summed E-state index contributed by atoms with van der Waals surface area (Å²) in [7, 11) is -1.20. The smallest absolute Gasteiger partial charge is 0.409 e. The number of hydrogen-bond acceptors (Lipinski definition) is 5. The van der Waals surface area contributed by atoms with E-state index in [1.165, 1.54) is 0 Å². The lowest BCUT2D eigenvalue weighted by Gasteiger charge is -2.32. The van der Waals surface area contributed by atoms with E-state index in [-0.39, 0.29) is 6.09 Å². The van der Waals surface area contributed by atoms with Gasteiger partial charge < -0.3 is 20.1 Å². The largest absolute Gasteiger partial charge is 0.459 e. The zero-order valence-corrected chi connectivity index (χ0v) is 20.4. The van der Waals surface area contributed by atoms with Crippen LogP contribution in [0.2, 0.25) is 25.7 Å². The second-order valence-corrected chi connectivity index (χ2v) is 16.0. The van der Waals surface area contributed by atoms with Crippen molar-refractivity contribution in [2.75, 3.05) is 19.7 Å². The van der Waals surface area contributed by atoms with Gasteiger partial charge in [-0.25, -0.2) is 9.59 Å². The fourth-order valence-corrected chi connectivity index (χ4v) is 4.15. The molecule has 1 aliphatic rings. The molecule has 2 N–H and O–H groups in total. The second-order valence-electron chi connectivity index (χ2n) is 10.4. The highest BCUT2D eigenvalue weighted by atomic mass is 28.3. The van der Waals surface area contributed by atoms with Crippen molar-refractivity contribution in [3.05, 3.63) is 35.4 Å². The minimum absolute atomic E-state index is 0.201. The third kappa shape index (κ3) is 7.76. The van der Waals surface area contributed by atoms with E-state index in [1.807, 2.05) is 39.0 Å². The maximum Gasteiger partial charge on any atom is 0.409 e. The molecule has 0 aliphatic carbocycles. The van der Waals surface area contributed by atoms with Crippen LogP contribution in [0.25, 0.3) is 0 Å². The molecule has 2 rings (SSSR count). The molecular weight excluding hydrogens is 396 g/mol. The van der Waals surface area contributed by atoms with Gasteiger partial charge in [-0.3, -0.25) is 0 Å². The summed E-state index contributed by atoms with van der Waals surface area (Å²) in [6.07, 6.45) is 1.54. The first-order valence-corrected chi connectivity index (χ1v) is 14.6. The van der Waals surface area contributed by atoms with E-state index in [9.17, 15) is 9.59 Å². The molecule has 1 aliphatic heterocycles. The molecule has 30 heavy (non-hydrogen) atoms. The molecule has 1 aromatic rings. The molecule has 1 heterocycles. The molecule has 0 saturated carbocycles. The lowest BCUT2D eigenvalue weighted by Crippen LogP contribution is -2.39. The zero-order chi connectivity index (χ0) is 22.5. The molecule has 0 spiro atoms. The van der Waals surface area contributed by atoms with Gasteiger partial charge in [0.2, 0.25) is 0 Å². The topological polar surface area (TPSA) is 81.9 Å². The fraction of sp³-hybridized carbons (Fsp3) is 0.652. The summed E-state index contributed by atoms with van der Waals surface area (Å²) in [6.45, 7) is 14.2. The Morgan fingerprint density at radius 3 is 2.40 bits per heavy atom. The van der Waals surface area contributed by atoms with Crippen molar-refractivity contribution in [3.8, 4) is 0 Å². The van der Waals surface area contributed by atoms with Crippen LogP contribution in [-0.4, -0.2) is 50.3 Å². The van der Waals surface area contributed by atoms with Crippen LogP contribution in [0.15, 0.2) is 24.3 Å². The number of nitrogens with two attached hydrogens (primary N) is 1. The third-order valence-electron chi connectivity index (χ3n) is 5.23. The number of rotatable bonds is 6. The molecule has 168 valence electrons. The SMILES string of the molecule is CC(C)(C)OC(=O)C(N)c1cccc(C2CCN(C(=O)OCC[Si](C)(C)C)CC2)c1. The summed E-state index contributed by atoms with van der Waals surface area (Å²) >= 11 is 0. The fourth-order valence-electron chi connectivity index (χ4n) is 3.44. The van der Waals surface area contributed by atoms with Crippen molar-refractivity contribution in [2.24, 2.45) is 5.73 Å². The standard InChI is InChI=1S/C23H38N2O4Si/c1-23(2,3)29-21(26)20(24)19-9-7-8-18(16-19)17-10-12-25(13-11-17)22(27)28-14-15-30(4,5)6/h7-9,16-17,20H,10-15,24H2,1-6H3. The van der Waals surface area contributed by atoms with Gasteiger partial charge in [-0.1, -0.05) is 43.9 Å². The average Bonchev–Trinajstić information content (AvgIpc) is 2.65. The van der Waals surface area contributed by atoms with Crippen LogP contribution < -0.4 is 5.73 Å². The Morgan fingerprint density at radius 2 is 1.83 bits per heavy atom. The number of hydrogen-bond donors (Lipinski definition) is 1. The Kier molecular flexibility index (Phi) is 8.11. The second kappa shape index (κ2) is 9.96. The summed E-state index contributed by atoms with van der Waals surface area (Å²) < 4.78 is 10.9. The normalized spacial score (nSPS) is 16.8. The molecule has 6 nitrogen and oxygen atoms in total. The first kappa shape index (κ1) is 24.4. The number of benzene rings is 1. The van der Waals surface area contributed by atoms with E-state index in [2.05, 4.69) is 25.7 Å². The Balaban J connectivity index is 1.91. The van der Waals surface area contributed by atoms with Crippen molar-refractivity contribution in [3.63, 3.8) is 0 Å². The summed E-state index contributed by atoms with van der Waals surface area (Å²) in [5.41, 5.74) is 7.49. The van der Waals surface area contributed by atoms with Crippen LogP contribution >= 0.6 is 0 Å². The van der Waals surface area contributed by atoms with Gasteiger partial charge in [0.25, 0.3) is 0 Å². The van der Waals surface area contributed by atoms with Crippen LogP contribution in [-0.2, 0) is 14.3 Å². The highest BCUT2D eigenvalue weighted by Gasteiger charge is 2.27. The van der Waals surface area contributed by atoms with Crippen LogP contribution in [0.5, 0.6) is 0 Å². The maximum atomic E-state index is 12.3. The summed E-state index contributed by atoms with van der Waals surface area (Å²) in [5, 5.41) is 0. The molecule has 7 heteroatoms. The van der Waals surface area contributed by atoms with Gasteiger partial charge in [0, 0.05) is 21.2 Å². The molecule has 1 fully saturated rings. The summed E-state index contributed by atoms with van der Waals surface area (Å²) in [5.74, 6) is -0.0858. The molecular formula is C23H38N2O4Si. The Bertz CT molecular complexity index is 731. The van der Waals surface area contributed by atoms with Gasteiger partial charge in [0.15, 0.2) is 0 Å². The van der Waals surface area contributed by atoms with Crippen molar-refractivity contribution in [1.29, 1.82) is 0 Å².